The first-order chi connectivity index (χ1) is 14.6. The van der Waals surface area contributed by atoms with Gasteiger partial charge in [-0.1, -0.05) is 12.1 Å². The van der Waals surface area contributed by atoms with Gasteiger partial charge in [-0.2, -0.15) is 5.26 Å². The average Bonchev–Trinajstić information content (AvgIpc) is 3.20. The van der Waals surface area contributed by atoms with Crippen LogP contribution < -0.4 is 0 Å². The number of aryl methyl sites for hydroxylation is 1. The van der Waals surface area contributed by atoms with Crippen LogP contribution in [0.25, 0.3) is 0 Å². The number of carbonyl (C=O) groups is 2. The molecule has 1 amide bonds. The van der Waals surface area contributed by atoms with Crippen molar-refractivity contribution in [2.75, 3.05) is 18.9 Å². The minimum atomic E-state index is -0.232. The Morgan fingerprint density at radius 3 is 2.73 bits per heavy atom. The Labute approximate surface area is 181 Å². The van der Waals surface area contributed by atoms with Gasteiger partial charge in [0.05, 0.1) is 24.0 Å². The van der Waals surface area contributed by atoms with Crippen molar-refractivity contribution < 1.29 is 14.3 Å². The minimum absolute atomic E-state index is 0.0523. The number of rotatable bonds is 8. The molecule has 0 saturated carbocycles. The summed E-state index contributed by atoms with van der Waals surface area (Å²) in [5.41, 5.74) is 2.40. The number of carbonyl (C=O) groups excluding carboxylic acids is 2. The summed E-state index contributed by atoms with van der Waals surface area (Å²) < 4.78 is 7.26. The molecule has 2 aromatic rings. The lowest BCUT2D eigenvalue weighted by molar-refractivity contribution is -0.140. The lowest BCUT2D eigenvalue weighted by atomic mass is 9.99. The molecule has 1 aliphatic rings. The zero-order valence-corrected chi connectivity index (χ0v) is 18.1. The molecule has 0 N–H and O–H groups in total. The standard InChI is InChI=1S/C23H27N3O3S/c1-25-12-4-6-21(25)23(28)26-13-3-2-5-20(26)11-14-29-22(27)17-30-16-19-9-7-18(15-24)8-10-19/h4,6-10,12,20H,2-3,5,11,13-14,16-17H2,1H3. The van der Waals surface area contributed by atoms with Gasteiger partial charge in [0.1, 0.15) is 5.69 Å². The minimum Gasteiger partial charge on any atom is -0.465 e. The highest BCUT2D eigenvalue weighted by Crippen LogP contribution is 2.22. The maximum absolute atomic E-state index is 12.9. The summed E-state index contributed by atoms with van der Waals surface area (Å²) in [6, 6.07) is 13.3. The third-order valence-corrected chi connectivity index (χ3v) is 6.31. The predicted molar refractivity (Wildman–Crippen MR) is 117 cm³/mol. The molecule has 0 bridgehead atoms. The van der Waals surface area contributed by atoms with Crippen LogP contribution in [0.2, 0.25) is 0 Å². The molecule has 0 radical (unpaired) electrons. The molecule has 1 unspecified atom stereocenters. The van der Waals surface area contributed by atoms with Gasteiger partial charge in [-0.15, -0.1) is 11.8 Å². The summed E-state index contributed by atoms with van der Waals surface area (Å²) in [6.45, 7) is 1.08. The number of nitriles is 1. The fourth-order valence-electron chi connectivity index (χ4n) is 3.68. The van der Waals surface area contributed by atoms with E-state index in [1.54, 1.807) is 12.1 Å². The zero-order chi connectivity index (χ0) is 21.3. The number of hydrogen-bond acceptors (Lipinski definition) is 5. The second kappa shape index (κ2) is 10.9. The van der Waals surface area contributed by atoms with E-state index < -0.39 is 0 Å². The fourth-order valence-corrected chi connectivity index (χ4v) is 4.46. The number of thioether (sulfide) groups is 1. The van der Waals surface area contributed by atoms with Gasteiger partial charge in [0, 0.05) is 38.0 Å². The van der Waals surface area contributed by atoms with Crippen LogP contribution in [0, 0.1) is 11.3 Å². The number of amides is 1. The van der Waals surface area contributed by atoms with E-state index in [0.29, 0.717) is 30.0 Å². The molecule has 6 nitrogen and oxygen atoms in total. The summed E-state index contributed by atoms with van der Waals surface area (Å²) in [4.78, 5) is 26.9. The molecule has 1 aromatic carbocycles. The van der Waals surface area contributed by atoms with Crippen molar-refractivity contribution in [1.82, 2.24) is 9.47 Å². The van der Waals surface area contributed by atoms with Gasteiger partial charge in [0.15, 0.2) is 0 Å². The smallest absolute Gasteiger partial charge is 0.315 e. The van der Waals surface area contributed by atoms with Crippen LogP contribution in [0.4, 0.5) is 0 Å². The van der Waals surface area contributed by atoms with E-state index in [1.165, 1.54) is 11.8 Å². The zero-order valence-electron chi connectivity index (χ0n) is 17.3. The van der Waals surface area contributed by atoms with Crippen molar-refractivity contribution in [2.24, 2.45) is 7.05 Å². The quantitative estimate of drug-likeness (QED) is 0.602. The third kappa shape index (κ3) is 5.90. The number of piperidine rings is 1. The van der Waals surface area contributed by atoms with Gasteiger partial charge in [-0.25, -0.2) is 0 Å². The number of ether oxygens (including phenoxy) is 1. The van der Waals surface area contributed by atoms with Gasteiger partial charge in [0.25, 0.3) is 5.91 Å². The van der Waals surface area contributed by atoms with E-state index >= 15 is 0 Å². The first kappa shape index (κ1) is 22.0. The second-order valence-electron chi connectivity index (χ2n) is 7.46. The molecular weight excluding hydrogens is 398 g/mol. The first-order valence-electron chi connectivity index (χ1n) is 10.2. The number of esters is 1. The maximum atomic E-state index is 12.9. The summed E-state index contributed by atoms with van der Waals surface area (Å²) in [7, 11) is 1.88. The number of benzene rings is 1. The summed E-state index contributed by atoms with van der Waals surface area (Å²) >= 11 is 1.49. The summed E-state index contributed by atoms with van der Waals surface area (Å²) in [5, 5.41) is 8.82. The van der Waals surface area contributed by atoms with Gasteiger partial charge in [-0.05, 0) is 49.1 Å². The van der Waals surface area contributed by atoms with Crippen molar-refractivity contribution in [3.05, 3.63) is 59.4 Å². The molecule has 0 aliphatic carbocycles. The van der Waals surface area contributed by atoms with Crippen molar-refractivity contribution in [3.8, 4) is 6.07 Å². The van der Waals surface area contributed by atoms with Crippen LogP contribution in [0.15, 0.2) is 42.6 Å². The van der Waals surface area contributed by atoms with Crippen molar-refractivity contribution in [2.45, 2.75) is 37.5 Å². The molecule has 2 heterocycles. The number of aromatic nitrogens is 1. The molecule has 1 aromatic heterocycles. The summed E-state index contributed by atoms with van der Waals surface area (Å²) in [5.74, 6) is 0.806. The lowest BCUT2D eigenvalue weighted by Gasteiger charge is -2.35. The van der Waals surface area contributed by atoms with Crippen LogP contribution in [0.1, 0.15) is 47.3 Å². The normalized spacial score (nSPS) is 16.1. The van der Waals surface area contributed by atoms with Gasteiger partial charge in [-0.3, -0.25) is 9.59 Å². The highest BCUT2D eigenvalue weighted by molar-refractivity contribution is 7.99. The van der Waals surface area contributed by atoms with Crippen LogP contribution in [-0.4, -0.2) is 46.3 Å². The first-order valence-corrected chi connectivity index (χ1v) is 11.4. The molecular formula is C23H27N3O3S. The van der Waals surface area contributed by atoms with E-state index in [-0.39, 0.29) is 23.7 Å². The number of likely N-dealkylation sites (tertiary alicyclic amines) is 1. The average molecular weight is 426 g/mol. The van der Waals surface area contributed by atoms with E-state index in [9.17, 15) is 9.59 Å². The van der Waals surface area contributed by atoms with Crippen LogP contribution >= 0.6 is 11.8 Å². The Morgan fingerprint density at radius 2 is 2.03 bits per heavy atom. The summed E-state index contributed by atoms with van der Waals surface area (Å²) in [6.07, 6.45) is 5.60. The number of nitrogens with zero attached hydrogens (tertiary/aromatic N) is 3. The number of hydrogen-bond donors (Lipinski definition) is 0. The van der Waals surface area contributed by atoms with E-state index in [0.717, 1.165) is 31.4 Å². The molecule has 30 heavy (non-hydrogen) atoms. The van der Waals surface area contributed by atoms with Crippen LogP contribution in [0.5, 0.6) is 0 Å². The Morgan fingerprint density at radius 1 is 1.23 bits per heavy atom. The predicted octanol–water partition coefficient (Wildman–Crippen LogP) is 3.76. The highest BCUT2D eigenvalue weighted by Gasteiger charge is 2.28. The topological polar surface area (TPSA) is 75.3 Å². The van der Waals surface area contributed by atoms with Crippen LogP contribution in [0.3, 0.4) is 0 Å². The highest BCUT2D eigenvalue weighted by atomic mass is 32.2. The largest absolute Gasteiger partial charge is 0.465 e. The van der Waals surface area contributed by atoms with E-state index in [1.807, 2.05) is 47.0 Å². The van der Waals surface area contributed by atoms with Gasteiger partial charge < -0.3 is 14.2 Å². The second-order valence-corrected chi connectivity index (χ2v) is 8.45. The molecule has 1 saturated heterocycles. The fraction of sp³-hybridized carbons (Fsp3) is 0.435. The molecule has 1 fully saturated rings. The molecule has 1 atom stereocenters. The Kier molecular flexibility index (Phi) is 7.97. The van der Waals surface area contributed by atoms with Crippen molar-refractivity contribution >= 4 is 23.6 Å². The van der Waals surface area contributed by atoms with Crippen LogP contribution in [-0.2, 0) is 22.3 Å². The SMILES string of the molecule is Cn1cccc1C(=O)N1CCCCC1CCOC(=O)CSCc1ccc(C#N)cc1. The van der Waals surface area contributed by atoms with E-state index in [4.69, 9.17) is 10.00 Å². The maximum Gasteiger partial charge on any atom is 0.315 e. The Hall–Kier alpha value is -2.72. The van der Waals surface area contributed by atoms with Crippen molar-refractivity contribution in [3.63, 3.8) is 0 Å². The third-order valence-electron chi connectivity index (χ3n) is 5.34. The molecule has 0 spiro atoms. The Bertz CT molecular complexity index is 901. The molecule has 1 aliphatic heterocycles. The molecule has 3 rings (SSSR count). The lowest BCUT2D eigenvalue weighted by Crippen LogP contribution is -2.44. The Balaban J connectivity index is 1.40. The monoisotopic (exact) mass is 425 g/mol. The molecule has 158 valence electrons. The molecule has 7 heteroatoms. The van der Waals surface area contributed by atoms with E-state index in [2.05, 4.69) is 6.07 Å². The van der Waals surface area contributed by atoms with Gasteiger partial charge in [0.2, 0.25) is 0 Å². The van der Waals surface area contributed by atoms with Gasteiger partial charge >= 0.3 is 5.97 Å². The van der Waals surface area contributed by atoms with Crippen molar-refractivity contribution in [1.29, 1.82) is 5.26 Å².